The molecule has 30 heavy (non-hydrogen) atoms. The van der Waals surface area contributed by atoms with Crippen LogP contribution in [0.25, 0.3) is 11.0 Å². The van der Waals surface area contributed by atoms with Crippen molar-refractivity contribution >= 4 is 16.9 Å². The van der Waals surface area contributed by atoms with E-state index in [9.17, 15) is 18.0 Å². The molecule has 0 N–H and O–H groups in total. The number of carbonyl (C=O) groups excluding carboxylic acids is 1. The normalized spacial score (nSPS) is 11.2. The zero-order chi connectivity index (χ0) is 21.7. The fraction of sp³-hybridized carbons (Fsp3) is 0.391. The summed E-state index contributed by atoms with van der Waals surface area (Å²) in [6, 6.07) is 7.26. The van der Waals surface area contributed by atoms with E-state index in [1.165, 1.54) is 17.0 Å². The SMILES string of the molecule is CCCCCN(Cc1nc2ccc(F)cc2n1CCC)C(=O)c1cc(F)ccc1F. The molecule has 0 radical (unpaired) electrons. The number of amides is 1. The summed E-state index contributed by atoms with van der Waals surface area (Å²) in [6.07, 6.45) is 3.41. The first-order chi connectivity index (χ1) is 14.4. The lowest BCUT2D eigenvalue weighted by Gasteiger charge is -2.23. The zero-order valence-corrected chi connectivity index (χ0v) is 17.3. The van der Waals surface area contributed by atoms with Crippen LogP contribution in [0.1, 0.15) is 55.7 Å². The standard InChI is InChI=1S/C23H26F3N3O/c1-3-5-6-12-28(23(30)18-13-16(24)7-9-19(18)26)15-22-27-20-10-8-17(25)14-21(20)29(22)11-4-2/h7-10,13-14H,3-6,11-12,15H2,1-2H3. The Kier molecular flexibility index (Phi) is 7.13. The number of benzene rings is 2. The van der Waals surface area contributed by atoms with E-state index in [0.717, 1.165) is 43.9 Å². The summed E-state index contributed by atoms with van der Waals surface area (Å²) in [6.45, 7) is 5.19. The predicted octanol–water partition coefficient (Wildman–Crippen LogP) is 5.70. The fourth-order valence-electron chi connectivity index (χ4n) is 3.55. The van der Waals surface area contributed by atoms with Gasteiger partial charge < -0.3 is 9.47 Å². The van der Waals surface area contributed by atoms with Crippen molar-refractivity contribution in [1.29, 1.82) is 0 Å². The highest BCUT2D eigenvalue weighted by atomic mass is 19.1. The summed E-state index contributed by atoms with van der Waals surface area (Å²) in [5.74, 6) is -1.76. The quantitative estimate of drug-likeness (QED) is 0.419. The first kappa shape index (κ1) is 21.9. The summed E-state index contributed by atoms with van der Waals surface area (Å²) in [4.78, 5) is 19.2. The molecule has 0 unspecified atom stereocenters. The number of halogens is 3. The van der Waals surface area contributed by atoms with Crippen LogP contribution >= 0.6 is 0 Å². The van der Waals surface area contributed by atoms with Crippen LogP contribution in [0.2, 0.25) is 0 Å². The molecule has 0 aliphatic carbocycles. The number of hydrogen-bond acceptors (Lipinski definition) is 2. The van der Waals surface area contributed by atoms with E-state index in [2.05, 4.69) is 4.98 Å². The Morgan fingerprint density at radius 1 is 1.00 bits per heavy atom. The van der Waals surface area contributed by atoms with Crippen molar-refractivity contribution in [2.45, 2.75) is 52.6 Å². The van der Waals surface area contributed by atoms with Crippen LogP contribution in [0.15, 0.2) is 36.4 Å². The highest BCUT2D eigenvalue weighted by Crippen LogP contribution is 2.21. The molecule has 0 atom stereocenters. The first-order valence-corrected chi connectivity index (χ1v) is 10.3. The van der Waals surface area contributed by atoms with Gasteiger partial charge in [-0.15, -0.1) is 0 Å². The Balaban J connectivity index is 1.98. The van der Waals surface area contributed by atoms with Crippen molar-refractivity contribution in [2.75, 3.05) is 6.54 Å². The first-order valence-electron chi connectivity index (χ1n) is 10.3. The number of aromatic nitrogens is 2. The Morgan fingerprint density at radius 3 is 2.47 bits per heavy atom. The van der Waals surface area contributed by atoms with Crippen molar-refractivity contribution < 1.29 is 18.0 Å². The number of nitrogens with zero attached hydrogens (tertiary/aromatic N) is 3. The third kappa shape index (κ3) is 4.83. The van der Waals surface area contributed by atoms with Crippen molar-refractivity contribution in [1.82, 2.24) is 14.5 Å². The van der Waals surface area contributed by atoms with Gasteiger partial charge in [0.1, 0.15) is 23.3 Å². The molecule has 3 rings (SSSR count). The second-order valence-corrected chi connectivity index (χ2v) is 7.37. The lowest BCUT2D eigenvalue weighted by Crippen LogP contribution is -2.33. The fourth-order valence-corrected chi connectivity index (χ4v) is 3.55. The number of aryl methyl sites for hydroxylation is 1. The second-order valence-electron chi connectivity index (χ2n) is 7.37. The minimum Gasteiger partial charge on any atom is -0.331 e. The molecular formula is C23H26F3N3O. The Morgan fingerprint density at radius 2 is 1.73 bits per heavy atom. The van der Waals surface area contributed by atoms with E-state index in [-0.39, 0.29) is 17.9 Å². The van der Waals surface area contributed by atoms with Crippen molar-refractivity contribution in [3.8, 4) is 0 Å². The molecule has 0 fully saturated rings. The summed E-state index contributed by atoms with van der Waals surface area (Å²) in [7, 11) is 0. The van der Waals surface area contributed by atoms with Crippen LogP contribution in [-0.2, 0) is 13.1 Å². The van der Waals surface area contributed by atoms with Crippen molar-refractivity contribution in [2.24, 2.45) is 0 Å². The number of rotatable bonds is 9. The number of unbranched alkanes of at least 4 members (excludes halogenated alkanes) is 2. The van der Waals surface area contributed by atoms with E-state index in [1.807, 2.05) is 18.4 Å². The van der Waals surface area contributed by atoms with Gasteiger partial charge in [-0.1, -0.05) is 26.7 Å². The third-order valence-corrected chi connectivity index (χ3v) is 5.05. The van der Waals surface area contributed by atoms with Gasteiger partial charge in [0.05, 0.1) is 23.1 Å². The molecule has 160 valence electrons. The number of hydrogen-bond donors (Lipinski definition) is 0. The Bertz CT molecular complexity index is 1030. The minimum absolute atomic E-state index is 0.134. The lowest BCUT2D eigenvalue weighted by molar-refractivity contribution is 0.0728. The van der Waals surface area contributed by atoms with Crippen LogP contribution in [0.5, 0.6) is 0 Å². The molecule has 1 heterocycles. The van der Waals surface area contributed by atoms with Crippen LogP contribution in [-0.4, -0.2) is 26.9 Å². The van der Waals surface area contributed by atoms with Gasteiger partial charge in [0.25, 0.3) is 5.91 Å². The van der Waals surface area contributed by atoms with Crippen LogP contribution < -0.4 is 0 Å². The molecule has 3 aromatic rings. The maximum Gasteiger partial charge on any atom is 0.257 e. The van der Waals surface area contributed by atoms with Gasteiger partial charge in [0.15, 0.2) is 0 Å². The topological polar surface area (TPSA) is 38.1 Å². The number of imidazole rings is 1. The molecule has 0 aliphatic heterocycles. The molecular weight excluding hydrogens is 391 g/mol. The summed E-state index contributed by atoms with van der Waals surface area (Å²) in [5.41, 5.74) is 0.998. The second kappa shape index (κ2) is 9.78. The summed E-state index contributed by atoms with van der Waals surface area (Å²) >= 11 is 0. The number of fused-ring (bicyclic) bond motifs is 1. The molecule has 7 heteroatoms. The Hall–Kier alpha value is -2.83. The molecule has 0 bridgehead atoms. The van der Waals surface area contributed by atoms with Crippen LogP contribution in [0, 0.1) is 17.5 Å². The molecule has 0 saturated carbocycles. The van der Waals surface area contributed by atoms with Gasteiger partial charge in [-0.25, -0.2) is 18.2 Å². The van der Waals surface area contributed by atoms with Crippen LogP contribution in [0.4, 0.5) is 13.2 Å². The van der Waals surface area contributed by atoms with Gasteiger partial charge in [-0.05, 0) is 49.2 Å². The zero-order valence-electron chi connectivity index (χ0n) is 17.3. The van der Waals surface area contributed by atoms with E-state index in [0.29, 0.717) is 29.9 Å². The molecule has 1 aromatic heterocycles. The van der Waals surface area contributed by atoms with E-state index in [1.54, 1.807) is 6.07 Å². The maximum absolute atomic E-state index is 14.2. The highest BCUT2D eigenvalue weighted by Gasteiger charge is 2.23. The average molecular weight is 417 g/mol. The smallest absolute Gasteiger partial charge is 0.257 e. The summed E-state index contributed by atoms with van der Waals surface area (Å²) < 4.78 is 43.6. The van der Waals surface area contributed by atoms with Gasteiger partial charge in [-0.2, -0.15) is 0 Å². The molecule has 1 amide bonds. The molecule has 0 aliphatic rings. The van der Waals surface area contributed by atoms with Gasteiger partial charge in [0, 0.05) is 13.1 Å². The molecule has 4 nitrogen and oxygen atoms in total. The van der Waals surface area contributed by atoms with Crippen molar-refractivity contribution in [3.63, 3.8) is 0 Å². The maximum atomic E-state index is 14.2. The van der Waals surface area contributed by atoms with Crippen molar-refractivity contribution in [3.05, 3.63) is 65.2 Å². The van der Waals surface area contributed by atoms with E-state index in [4.69, 9.17) is 0 Å². The Labute approximate surface area is 174 Å². The highest BCUT2D eigenvalue weighted by molar-refractivity contribution is 5.94. The molecule has 0 saturated heterocycles. The third-order valence-electron chi connectivity index (χ3n) is 5.05. The molecule has 0 spiro atoms. The minimum atomic E-state index is -0.758. The van der Waals surface area contributed by atoms with E-state index < -0.39 is 17.5 Å². The lowest BCUT2D eigenvalue weighted by atomic mass is 10.1. The largest absolute Gasteiger partial charge is 0.331 e. The molecule has 2 aromatic carbocycles. The number of carbonyl (C=O) groups is 1. The summed E-state index contributed by atoms with van der Waals surface area (Å²) in [5, 5.41) is 0. The van der Waals surface area contributed by atoms with Gasteiger partial charge >= 0.3 is 0 Å². The van der Waals surface area contributed by atoms with E-state index >= 15 is 0 Å². The monoisotopic (exact) mass is 417 g/mol. The van der Waals surface area contributed by atoms with Gasteiger partial charge in [-0.3, -0.25) is 4.79 Å². The van der Waals surface area contributed by atoms with Gasteiger partial charge in [0.2, 0.25) is 0 Å². The predicted molar refractivity (Wildman–Crippen MR) is 111 cm³/mol. The van der Waals surface area contributed by atoms with Crippen LogP contribution in [0.3, 0.4) is 0 Å². The average Bonchev–Trinajstić information content (AvgIpc) is 3.05.